The first kappa shape index (κ1) is 28.7. The third-order valence-corrected chi connectivity index (χ3v) is 11.0. The Bertz CT molecular complexity index is 1010. The average Bonchev–Trinajstić information content (AvgIpc) is 2.78. The van der Waals surface area contributed by atoms with Crippen LogP contribution in [0.15, 0.2) is 24.4 Å². The number of aliphatic hydroxyl groups is 3. The number of ether oxygens (including phenoxy) is 2. The van der Waals surface area contributed by atoms with Gasteiger partial charge in [0.25, 0.3) is 0 Å². The predicted molar refractivity (Wildman–Crippen MR) is 134 cm³/mol. The number of aryl methyl sites for hydroxylation is 1. The van der Waals surface area contributed by atoms with Gasteiger partial charge in [-0.25, -0.2) is 9.78 Å². The van der Waals surface area contributed by atoms with Crippen LogP contribution in [0.1, 0.15) is 32.2 Å². The van der Waals surface area contributed by atoms with E-state index >= 15 is 0 Å². The Morgan fingerprint density at radius 2 is 1.69 bits per heavy atom. The molecule has 35 heavy (non-hydrogen) atoms. The zero-order chi connectivity index (χ0) is 26.4. The normalized spacial score (nSPS) is 12.5. The Morgan fingerprint density at radius 1 is 1.06 bits per heavy atom. The number of nitrogens with two attached hydrogens (primary N) is 1. The summed E-state index contributed by atoms with van der Waals surface area (Å²) in [6.45, 7) is 11.5. The molecular formula is C24H37N3O7Si. The zero-order valence-electron chi connectivity index (χ0n) is 21.3. The van der Waals surface area contributed by atoms with E-state index in [-0.39, 0.29) is 29.0 Å². The van der Waals surface area contributed by atoms with Crippen molar-refractivity contribution in [3.63, 3.8) is 0 Å². The molecule has 0 unspecified atom stereocenters. The fraction of sp³-hybridized carbons (Fsp3) is 0.542. The molecule has 1 amide bonds. The minimum atomic E-state index is -1.95. The Hall–Kier alpha value is -2.57. The van der Waals surface area contributed by atoms with Crippen molar-refractivity contribution in [2.24, 2.45) is 5.73 Å². The monoisotopic (exact) mass is 507 g/mol. The van der Waals surface area contributed by atoms with E-state index in [1.165, 1.54) is 6.20 Å². The van der Waals surface area contributed by atoms with Gasteiger partial charge in [0, 0.05) is 17.3 Å². The van der Waals surface area contributed by atoms with Gasteiger partial charge in [0.1, 0.15) is 6.61 Å². The fourth-order valence-electron chi connectivity index (χ4n) is 3.04. The van der Waals surface area contributed by atoms with Crippen molar-refractivity contribution in [1.82, 2.24) is 9.97 Å². The number of hydrogen-bond donors (Lipinski definition) is 4. The first-order valence-electron chi connectivity index (χ1n) is 11.3. The number of aliphatic hydroxyl groups excluding tert-OH is 3. The number of carbonyl (C=O) groups is 1. The summed E-state index contributed by atoms with van der Waals surface area (Å²) in [6, 6.07) is 4.89. The first-order valence-corrected chi connectivity index (χ1v) is 14.3. The van der Waals surface area contributed by atoms with Crippen LogP contribution in [0.25, 0.3) is 11.1 Å². The summed E-state index contributed by atoms with van der Waals surface area (Å²) in [5.74, 6) is 0.371. The molecule has 0 aliphatic carbocycles. The van der Waals surface area contributed by atoms with E-state index in [4.69, 9.17) is 19.6 Å². The average molecular weight is 508 g/mol. The maximum Gasteiger partial charge on any atom is 0.410 e. The molecule has 0 aliphatic heterocycles. The summed E-state index contributed by atoms with van der Waals surface area (Å²) in [4.78, 5) is 19.9. The van der Waals surface area contributed by atoms with E-state index in [0.29, 0.717) is 23.4 Å². The number of pyridine rings is 2. The van der Waals surface area contributed by atoms with Crippen LogP contribution in [-0.2, 0) is 9.84 Å². The quantitative estimate of drug-likeness (QED) is 0.265. The van der Waals surface area contributed by atoms with Crippen molar-refractivity contribution in [3.8, 4) is 22.8 Å². The van der Waals surface area contributed by atoms with Gasteiger partial charge in [-0.05, 0) is 42.8 Å². The molecule has 0 saturated heterocycles. The summed E-state index contributed by atoms with van der Waals surface area (Å²) >= 11 is 0. The molecule has 0 bridgehead atoms. The van der Waals surface area contributed by atoms with Crippen molar-refractivity contribution < 1.29 is 34.0 Å². The van der Waals surface area contributed by atoms with Gasteiger partial charge in [0.2, 0.25) is 5.88 Å². The molecule has 2 heterocycles. The highest BCUT2D eigenvalue weighted by atomic mass is 28.4. The lowest BCUT2D eigenvalue weighted by molar-refractivity contribution is 0.0608. The minimum Gasteiger partial charge on any atom is -0.475 e. The summed E-state index contributed by atoms with van der Waals surface area (Å²) in [7, 11) is -1.95. The first-order chi connectivity index (χ1) is 16.3. The molecule has 0 atom stereocenters. The Balaban J connectivity index is 2.44. The lowest BCUT2D eigenvalue weighted by Gasteiger charge is -2.36. The molecule has 0 fully saturated rings. The summed E-state index contributed by atoms with van der Waals surface area (Å²) in [5, 5.41) is 29.9. The van der Waals surface area contributed by atoms with Crippen LogP contribution in [0, 0.1) is 6.92 Å². The molecule has 5 N–H and O–H groups in total. The highest BCUT2D eigenvalue weighted by Gasteiger charge is 2.37. The number of rotatable bonds is 11. The van der Waals surface area contributed by atoms with Gasteiger partial charge in [-0.3, -0.25) is 4.98 Å². The Morgan fingerprint density at radius 3 is 2.23 bits per heavy atom. The standard InChI is InChI=1S/C24H37N3O7Si/c1-16-19(11-18(12-26-16)34-22(25)31)17-9-20(24(13-28,14-29)15-30)27-21(10-17)32-7-8-33-35(5,6)23(2,3)4/h9-12,28-30H,7-8,13-15H2,1-6H3,(H2,25,31). The largest absolute Gasteiger partial charge is 0.475 e. The molecule has 0 aromatic carbocycles. The molecule has 11 heteroatoms. The molecule has 2 rings (SSSR count). The van der Waals surface area contributed by atoms with Crippen LogP contribution in [0.3, 0.4) is 0 Å². The van der Waals surface area contributed by atoms with Crippen molar-refractivity contribution in [2.75, 3.05) is 33.0 Å². The van der Waals surface area contributed by atoms with E-state index in [1.54, 1.807) is 25.1 Å². The summed E-state index contributed by atoms with van der Waals surface area (Å²) in [6.07, 6.45) is 0.406. The second-order valence-corrected chi connectivity index (χ2v) is 14.8. The molecule has 194 valence electrons. The molecule has 10 nitrogen and oxygen atoms in total. The van der Waals surface area contributed by atoms with Crippen LogP contribution in [0.4, 0.5) is 4.79 Å². The second kappa shape index (κ2) is 11.4. The summed E-state index contributed by atoms with van der Waals surface area (Å²) < 4.78 is 17.0. The van der Waals surface area contributed by atoms with Crippen molar-refractivity contribution in [1.29, 1.82) is 0 Å². The van der Waals surface area contributed by atoms with E-state index in [1.807, 2.05) is 0 Å². The maximum absolute atomic E-state index is 11.2. The zero-order valence-corrected chi connectivity index (χ0v) is 22.3. The maximum atomic E-state index is 11.2. The number of aromatic nitrogens is 2. The predicted octanol–water partition coefficient (Wildman–Crippen LogP) is 2.52. The van der Waals surface area contributed by atoms with Crippen molar-refractivity contribution in [2.45, 2.75) is 51.2 Å². The third-order valence-electron chi connectivity index (χ3n) is 6.45. The Kier molecular flexibility index (Phi) is 9.37. The van der Waals surface area contributed by atoms with E-state index in [9.17, 15) is 20.1 Å². The van der Waals surface area contributed by atoms with Gasteiger partial charge < -0.3 is 35.0 Å². The van der Waals surface area contributed by atoms with Crippen LogP contribution in [-0.4, -0.2) is 72.7 Å². The smallest absolute Gasteiger partial charge is 0.410 e. The van der Waals surface area contributed by atoms with Gasteiger partial charge in [-0.15, -0.1) is 0 Å². The molecule has 2 aromatic rings. The molecular weight excluding hydrogens is 470 g/mol. The van der Waals surface area contributed by atoms with E-state index in [2.05, 4.69) is 43.8 Å². The third kappa shape index (κ3) is 6.98. The highest BCUT2D eigenvalue weighted by Crippen LogP contribution is 2.36. The molecule has 0 spiro atoms. The van der Waals surface area contributed by atoms with Crippen molar-refractivity contribution in [3.05, 3.63) is 35.8 Å². The van der Waals surface area contributed by atoms with Crippen molar-refractivity contribution >= 4 is 14.4 Å². The number of carbonyl (C=O) groups excluding carboxylic acids is 1. The van der Waals surface area contributed by atoms with E-state index in [0.717, 1.165) is 0 Å². The van der Waals surface area contributed by atoms with Crippen LogP contribution >= 0.6 is 0 Å². The number of hydrogen-bond acceptors (Lipinski definition) is 9. The van der Waals surface area contributed by atoms with Crippen LogP contribution in [0.5, 0.6) is 11.6 Å². The Labute approximate surface area is 207 Å². The number of nitrogens with zero attached hydrogens (tertiary/aromatic N) is 2. The molecule has 0 aliphatic rings. The topological polar surface area (TPSA) is 157 Å². The molecule has 0 saturated carbocycles. The van der Waals surface area contributed by atoms with Crippen LogP contribution < -0.4 is 15.2 Å². The fourth-order valence-corrected chi connectivity index (χ4v) is 4.06. The minimum absolute atomic E-state index is 0.0594. The van der Waals surface area contributed by atoms with Gasteiger partial charge in [0.05, 0.1) is 43.7 Å². The van der Waals surface area contributed by atoms with E-state index < -0.39 is 39.6 Å². The highest BCUT2D eigenvalue weighted by molar-refractivity contribution is 6.74. The van der Waals surface area contributed by atoms with Crippen LogP contribution in [0.2, 0.25) is 18.1 Å². The van der Waals surface area contributed by atoms with Gasteiger partial charge in [-0.1, -0.05) is 20.8 Å². The molecule has 2 aromatic heterocycles. The van der Waals surface area contributed by atoms with Gasteiger partial charge in [0.15, 0.2) is 14.1 Å². The SMILES string of the molecule is Cc1ncc(OC(N)=O)cc1-c1cc(OCCO[Si](C)(C)C(C)(C)C)nc(C(CO)(CO)CO)c1. The lowest BCUT2D eigenvalue weighted by Crippen LogP contribution is -2.41. The number of primary amides is 1. The molecule has 0 radical (unpaired) electrons. The van der Waals surface area contributed by atoms with Gasteiger partial charge >= 0.3 is 6.09 Å². The number of amides is 1. The second-order valence-electron chi connectivity index (χ2n) is 10.0. The van der Waals surface area contributed by atoms with Gasteiger partial charge in [-0.2, -0.15) is 0 Å². The lowest BCUT2D eigenvalue weighted by atomic mass is 9.85. The summed E-state index contributed by atoms with van der Waals surface area (Å²) in [5.41, 5.74) is 5.76.